The van der Waals surface area contributed by atoms with E-state index in [1.807, 2.05) is 0 Å². The molecule has 0 atom stereocenters. The largest absolute Gasteiger partial charge is 0.463 e. The Balaban J connectivity index is 1.92. The maximum atomic E-state index is 12.1. The normalized spacial score (nSPS) is 10.7. The first-order chi connectivity index (χ1) is 11.4. The van der Waals surface area contributed by atoms with Gasteiger partial charge in [-0.25, -0.2) is 4.79 Å². The molecule has 0 spiro atoms. The third kappa shape index (κ3) is 4.74. The van der Waals surface area contributed by atoms with Gasteiger partial charge in [0, 0.05) is 0 Å². The van der Waals surface area contributed by atoms with Crippen LogP contribution in [0.1, 0.15) is 16.3 Å². The van der Waals surface area contributed by atoms with Gasteiger partial charge in [-0.2, -0.15) is 0 Å². The number of furan rings is 1. The van der Waals surface area contributed by atoms with Crippen molar-refractivity contribution in [2.45, 2.75) is 6.54 Å². The summed E-state index contributed by atoms with van der Waals surface area (Å²) in [5, 5.41) is 3.41. The molecule has 1 heterocycles. The van der Waals surface area contributed by atoms with Crippen molar-refractivity contribution in [3.05, 3.63) is 51.9 Å². The Kier molecular flexibility index (Phi) is 6.25. The summed E-state index contributed by atoms with van der Waals surface area (Å²) in [6, 6.07) is 8.17. The predicted molar refractivity (Wildman–Crippen MR) is 91.5 cm³/mol. The van der Waals surface area contributed by atoms with Crippen molar-refractivity contribution in [3.8, 4) is 0 Å². The lowest BCUT2D eigenvalue weighted by Gasteiger charge is -2.15. The molecule has 1 aromatic heterocycles. The van der Waals surface area contributed by atoms with Crippen molar-refractivity contribution in [2.24, 2.45) is 0 Å². The predicted octanol–water partition coefficient (Wildman–Crippen LogP) is 3.44. The summed E-state index contributed by atoms with van der Waals surface area (Å²) in [7, 11) is 3.02. The number of likely N-dealkylation sites (N-methyl/N-ethyl adjacent to an activating group) is 1. The highest BCUT2D eigenvalue weighted by Crippen LogP contribution is 2.29. The van der Waals surface area contributed by atoms with Crippen LogP contribution >= 0.6 is 23.2 Å². The van der Waals surface area contributed by atoms with Crippen molar-refractivity contribution >= 4 is 40.8 Å². The molecule has 2 rings (SSSR count). The summed E-state index contributed by atoms with van der Waals surface area (Å²) in [6.07, 6.45) is 0. The number of esters is 1. The molecular formula is C16H16Cl2N2O4. The molecule has 0 aliphatic heterocycles. The third-order valence-corrected chi connectivity index (χ3v) is 3.74. The van der Waals surface area contributed by atoms with E-state index in [4.69, 9.17) is 27.6 Å². The SMILES string of the molecule is COC(=O)c1ccc(CN(C)CC(=O)Nc2c(Cl)cccc2Cl)o1. The molecule has 128 valence electrons. The molecule has 2 aromatic rings. The number of nitrogens with one attached hydrogen (secondary N) is 1. The van der Waals surface area contributed by atoms with Gasteiger partial charge in [0.2, 0.25) is 11.7 Å². The van der Waals surface area contributed by atoms with Crippen molar-refractivity contribution in [1.29, 1.82) is 0 Å². The topological polar surface area (TPSA) is 71.8 Å². The van der Waals surface area contributed by atoms with Crippen LogP contribution in [0.25, 0.3) is 0 Å². The minimum Gasteiger partial charge on any atom is -0.463 e. The lowest BCUT2D eigenvalue weighted by atomic mass is 10.3. The molecule has 0 saturated heterocycles. The number of rotatable bonds is 6. The van der Waals surface area contributed by atoms with Crippen molar-refractivity contribution < 1.29 is 18.7 Å². The number of nitrogens with zero attached hydrogens (tertiary/aromatic N) is 1. The Morgan fingerprint density at radius 3 is 2.50 bits per heavy atom. The second kappa shape index (κ2) is 8.19. The van der Waals surface area contributed by atoms with Crippen LogP contribution in [0.5, 0.6) is 0 Å². The van der Waals surface area contributed by atoms with Gasteiger partial charge in [0.25, 0.3) is 0 Å². The van der Waals surface area contributed by atoms with Gasteiger partial charge in [0.15, 0.2) is 0 Å². The summed E-state index contributed by atoms with van der Waals surface area (Å²) in [5.41, 5.74) is 0.380. The molecular weight excluding hydrogens is 355 g/mol. The Hall–Kier alpha value is -2.02. The van der Waals surface area contributed by atoms with Gasteiger partial charge in [-0.05, 0) is 31.3 Å². The number of ether oxygens (including phenoxy) is 1. The number of methoxy groups -OCH3 is 1. The Bertz CT molecular complexity index is 725. The smallest absolute Gasteiger partial charge is 0.373 e. The lowest BCUT2D eigenvalue weighted by molar-refractivity contribution is -0.117. The standard InChI is InChI=1S/C16H16Cl2N2O4/c1-20(8-10-6-7-13(24-10)16(22)23-2)9-14(21)19-15-11(17)4-3-5-12(15)18/h3-7H,8-9H2,1-2H3,(H,19,21). The van der Waals surface area contributed by atoms with Crippen LogP contribution in [-0.2, 0) is 16.1 Å². The van der Waals surface area contributed by atoms with Crippen LogP contribution in [0.2, 0.25) is 10.0 Å². The highest BCUT2D eigenvalue weighted by molar-refractivity contribution is 6.39. The number of benzene rings is 1. The van der Waals surface area contributed by atoms with E-state index in [0.717, 1.165) is 0 Å². The number of anilines is 1. The van der Waals surface area contributed by atoms with Crippen LogP contribution in [0.4, 0.5) is 5.69 Å². The van der Waals surface area contributed by atoms with E-state index in [-0.39, 0.29) is 18.2 Å². The third-order valence-electron chi connectivity index (χ3n) is 3.11. The molecule has 0 saturated carbocycles. The molecule has 1 N–H and O–H groups in total. The van der Waals surface area contributed by atoms with E-state index >= 15 is 0 Å². The van der Waals surface area contributed by atoms with Gasteiger partial charge in [-0.1, -0.05) is 29.3 Å². The summed E-state index contributed by atoms with van der Waals surface area (Å²) in [5.74, 6) is -0.156. The highest BCUT2D eigenvalue weighted by atomic mass is 35.5. The van der Waals surface area contributed by atoms with E-state index in [1.165, 1.54) is 13.2 Å². The molecule has 8 heteroatoms. The number of halogens is 2. The van der Waals surface area contributed by atoms with Crippen LogP contribution in [0.3, 0.4) is 0 Å². The van der Waals surface area contributed by atoms with Gasteiger partial charge >= 0.3 is 5.97 Å². The van der Waals surface area contributed by atoms with Gasteiger partial charge < -0.3 is 14.5 Å². The first-order valence-corrected chi connectivity index (χ1v) is 7.75. The number of amides is 1. The van der Waals surface area contributed by atoms with Gasteiger partial charge in [0.1, 0.15) is 5.76 Å². The Labute approximate surface area is 149 Å². The van der Waals surface area contributed by atoms with Gasteiger partial charge in [-0.15, -0.1) is 0 Å². The van der Waals surface area contributed by atoms with Gasteiger partial charge in [-0.3, -0.25) is 9.69 Å². The number of hydrogen-bond acceptors (Lipinski definition) is 5. The molecule has 0 bridgehead atoms. The lowest BCUT2D eigenvalue weighted by Crippen LogP contribution is -2.29. The zero-order chi connectivity index (χ0) is 17.7. The van der Waals surface area contributed by atoms with E-state index in [0.29, 0.717) is 28.0 Å². The van der Waals surface area contributed by atoms with Crippen LogP contribution in [0, 0.1) is 0 Å². The van der Waals surface area contributed by atoms with Crippen molar-refractivity contribution in [3.63, 3.8) is 0 Å². The molecule has 6 nitrogen and oxygen atoms in total. The second-order valence-corrected chi connectivity index (χ2v) is 5.89. The molecule has 0 radical (unpaired) electrons. The highest BCUT2D eigenvalue weighted by Gasteiger charge is 2.15. The van der Waals surface area contributed by atoms with E-state index in [1.54, 1.807) is 36.2 Å². The minimum absolute atomic E-state index is 0.0931. The second-order valence-electron chi connectivity index (χ2n) is 5.07. The molecule has 0 unspecified atom stereocenters. The van der Waals surface area contributed by atoms with Crippen molar-refractivity contribution in [1.82, 2.24) is 4.90 Å². The van der Waals surface area contributed by atoms with Crippen LogP contribution in [-0.4, -0.2) is 37.5 Å². The maximum Gasteiger partial charge on any atom is 0.373 e. The monoisotopic (exact) mass is 370 g/mol. The number of carbonyl (C=O) groups excluding carboxylic acids is 2. The van der Waals surface area contributed by atoms with E-state index in [9.17, 15) is 9.59 Å². The van der Waals surface area contributed by atoms with Gasteiger partial charge in [0.05, 0.1) is 35.9 Å². The maximum absolute atomic E-state index is 12.1. The summed E-state index contributed by atoms with van der Waals surface area (Å²) < 4.78 is 9.93. The number of hydrogen-bond donors (Lipinski definition) is 1. The molecule has 0 fully saturated rings. The molecule has 24 heavy (non-hydrogen) atoms. The fourth-order valence-corrected chi connectivity index (χ4v) is 2.53. The fourth-order valence-electron chi connectivity index (χ4n) is 2.04. The molecule has 1 aromatic carbocycles. The first kappa shape index (κ1) is 18.3. The Morgan fingerprint density at radius 2 is 1.88 bits per heavy atom. The first-order valence-electron chi connectivity index (χ1n) is 7.00. The number of carbonyl (C=O) groups is 2. The van der Waals surface area contributed by atoms with Crippen LogP contribution in [0.15, 0.2) is 34.7 Å². The zero-order valence-electron chi connectivity index (χ0n) is 13.1. The van der Waals surface area contributed by atoms with Crippen LogP contribution < -0.4 is 5.32 Å². The minimum atomic E-state index is -0.546. The molecule has 0 aliphatic carbocycles. The van der Waals surface area contributed by atoms with Crippen molar-refractivity contribution in [2.75, 3.05) is 26.0 Å². The van der Waals surface area contributed by atoms with E-state index in [2.05, 4.69) is 10.1 Å². The molecule has 0 aliphatic rings. The quantitative estimate of drug-likeness (QED) is 0.788. The average molecular weight is 371 g/mol. The Morgan fingerprint density at radius 1 is 1.21 bits per heavy atom. The van der Waals surface area contributed by atoms with E-state index < -0.39 is 5.97 Å². The fraction of sp³-hybridized carbons (Fsp3) is 0.250. The molecule has 1 amide bonds. The zero-order valence-corrected chi connectivity index (χ0v) is 14.6. The average Bonchev–Trinajstić information content (AvgIpc) is 2.98. The summed E-state index contributed by atoms with van der Waals surface area (Å²) in [4.78, 5) is 25.2. The number of para-hydroxylation sites is 1. The summed E-state index contributed by atoms with van der Waals surface area (Å²) in [6.45, 7) is 0.441. The summed E-state index contributed by atoms with van der Waals surface area (Å²) >= 11 is 12.0.